The lowest BCUT2D eigenvalue weighted by Crippen LogP contribution is -2.30. The van der Waals surface area contributed by atoms with Crippen LogP contribution in [0.3, 0.4) is 0 Å². The monoisotopic (exact) mass is 409 g/mol. The van der Waals surface area contributed by atoms with Gasteiger partial charge in [-0.15, -0.1) is 0 Å². The lowest BCUT2D eigenvalue weighted by atomic mass is 10.1. The van der Waals surface area contributed by atoms with Crippen molar-refractivity contribution in [3.8, 4) is 5.75 Å². The first kappa shape index (κ1) is 20.4. The predicted molar refractivity (Wildman–Crippen MR) is 113 cm³/mol. The number of amides is 1. The maximum Gasteiger partial charge on any atom is 0.338 e. The molecule has 0 saturated carbocycles. The molecule has 4 rings (SSSR count). The highest BCUT2D eigenvalue weighted by atomic mass is 16.5. The van der Waals surface area contributed by atoms with Crippen molar-refractivity contribution in [2.75, 3.05) is 18.5 Å². The summed E-state index contributed by atoms with van der Waals surface area (Å²) in [6, 6.07) is 12.7. The number of esters is 1. The standard InChI is InChI=1S/C24H27NO5/c1-16(23(26)25-20-10-7-17-4-2-5-19(17)14-20)30-24(27)18-8-11-21(12-9-18)29-15-22-6-3-13-28-22/h7-12,14,16,22H,2-6,13,15H2,1H3,(H,25,26)/t16-,22-/m0/s1. The van der Waals surface area contributed by atoms with Crippen molar-refractivity contribution >= 4 is 17.6 Å². The molecule has 1 fully saturated rings. The Labute approximate surface area is 176 Å². The van der Waals surface area contributed by atoms with Crippen LogP contribution in [0.15, 0.2) is 42.5 Å². The molecule has 0 radical (unpaired) electrons. The van der Waals surface area contributed by atoms with Gasteiger partial charge in [0.25, 0.3) is 5.91 Å². The number of carbonyl (C=O) groups excluding carboxylic acids is 2. The number of hydrogen-bond acceptors (Lipinski definition) is 5. The molecule has 1 aliphatic carbocycles. The van der Waals surface area contributed by atoms with Gasteiger partial charge in [-0.25, -0.2) is 4.79 Å². The number of aryl methyl sites for hydroxylation is 2. The van der Waals surface area contributed by atoms with Crippen LogP contribution in [0, 0.1) is 0 Å². The van der Waals surface area contributed by atoms with Crippen LogP contribution in [0.1, 0.15) is 47.7 Å². The summed E-state index contributed by atoms with van der Waals surface area (Å²) in [6.45, 7) is 2.86. The van der Waals surface area contributed by atoms with Crippen molar-refractivity contribution in [3.63, 3.8) is 0 Å². The van der Waals surface area contributed by atoms with Gasteiger partial charge in [0.05, 0.1) is 11.7 Å². The molecular weight excluding hydrogens is 382 g/mol. The molecule has 0 aromatic heterocycles. The van der Waals surface area contributed by atoms with Crippen LogP contribution in [0.25, 0.3) is 0 Å². The molecule has 2 atom stereocenters. The average Bonchev–Trinajstić information content (AvgIpc) is 3.44. The normalized spacial score (nSPS) is 18.5. The number of carbonyl (C=O) groups is 2. The lowest BCUT2D eigenvalue weighted by molar-refractivity contribution is -0.123. The minimum absolute atomic E-state index is 0.139. The maximum absolute atomic E-state index is 12.4. The largest absolute Gasteiger partial charge is 0.491 e. The molecular formula is C24H27NO5. The minimum Gasteiger partial charge on any atom is -0.491 e. The Hall–Kier alpha value is -2.86. The van der Waals surface area contributed by atoms with Crippen LogP contribution in [0.4, 0.5) is 5.69 Å². The predicted octanol–water partition coefficient (Wildman–Crippen LogP) is 3.92. The van der Waals surface area contributed by atoms with Crippen LogP contribution in [-0.2, 0) is 27.1 Å². The second-order valence-corrected chi connectivity index (χ2v) is 7.84. The Morgan fingerprint density at radius 3 is 2.67 bits per heavy atom. The highest BCUT2D eigenvalue weighted by molar-refractivity contribution is 5.97. The van der Waals surface area contributed by atoms with Crippen LogP contribution in [-0.4, -0.2) is 37.3 Å². The van der Waals surface area contributed by atoms with Crippen molar-refractivity contribution in [2.24, 2.45) is 0 Å². The Morgan fingerprint density at radius 1 is 1.10 bits per heavy atom. The molecule has 2 aromatic rings. The number of rotatable bonds is 7. The minimum atomic E-state index is -0.902. The maximum atomic E-state index is 12.4. The zero-order chi connectivity index (χ0) is 20.9. The molecule has 0 bridgehead atoms. The fourth-order valence-electron chi connectivity index (χ4n) is 3.83. The Balaban J connectivity index is 1.27. The first-order valence-corrected chi connectivity index (χ1v) is 10.6. The molecule has 0 spiro atoms. The van der Waals surface area contributed by atoms with Crippen LogP contribution < -0.4 is 10.1 Å². The second-order valence-electron chi connectivity index (χ2n) is 7.84. The van der Waals surface area contributed by atoms with E-state index in [1.807, 2.05) is 12.1 Å². The third kappa shape index (κ3) is 5.00. The highest BCUT2D eigenvalue weighted by Crippen LogP contribution is 2.25. The molecule has 1 heterocycles. The molecule has 6 nitrogen and oxygen atoms in total. The molecule has 1 N–H and O–H groups in total. The zero-order valence-electron chi connectivity index (χ0n) is 17.2. The summed E-state index contributed by atoms with van der Waals surface area (Å²) in [5.41, 5.74) is 3.72. The fraction of sp³-hybridized carbons (Fsp3) is 0.417. The van der Waals surface area contributed by atoms with E-state index in [1.165, 1.54) is 11.1 Å². The third-order valence-corrected chi connectivity index (χ3v) is 5.57. The van der Waals surface area contributed by atoms with E-state index in [1.54, 1.807) is 31.2 Å². The second kappa shape index (κ2) is 9.30. The summed E-state index contributed by atoms with van der Waals surface area (Å²) in [4.78, 5) is 24.8. The SMILES string of the molecule is C[C@H](OC(=O)c1ccc(OC[C@@H]2CCCO2)cc1)C(=O)Nc1ccc2c(c1)CCC2. The van der Waals surface area contributed by atoms with E-state index >= 15 is 0 Å². The molecule has 158 valence electrons. The zero-order valence-corrected chi connectivity index (χ0v) is 17.2. The number of nitrogens with one attached hydrogen (secondary N) is 1. The van der Waals surface area contributed by atoms with Gasteiger partial charge in [0.2, 0.25) is 0 Å². The first-order valence-electron chi connectivity index (χ1n) is 10.6. The lowest BCUT2D eigenvalue weighted by Gasteiger charge is -2.15. The molecule has 1 amide bonds. The van der Waals surface area contributed by atoms with Crippen molar-refractivity contribution in [2.45, 2.75) is 51.2 Å². The molecule has 1 saturated heterocycles. The summed E-state index contributed by atoms with van der Waals surface area (Å²) in [5, 5.41) is 2.83. The Bertz CT molecular complexity index is 902. The van der Waals surface area contributed by atoms with Gasteiger partial charge in [-0.2, -0.15) is 0 Å². The van der Waals surface area contributed by atoms with Gasteiger partial charge >= 0.3 is 5.97 Å². The van der Waals surface area contributed by atoms with E-state index in [2.05, 4.69) is 11.4 Å². The van der Waals surface area contributed by atoms with Gasteiger partial charge in [0, 0.05) is 12.3 Å². The van der Waals surface area contributed by atoms with Gasteiger partial charge in [-0.1, -0.05) is 6.07 Å². The smallest absolute Gasteiger partial charge is 0.338 e. The summed E-state index contributed by atoms with van der Waals surface area (Å²) >= 11 is 0. The molecule has 0 unspecified atom stereocenters. The van der Waals surface area contributed by atoms with Crippen LogP contribution in [0.2, 0.25) is 0 Å². The number of benzene rings is 2. The fourth-order valence-corrected chi connectivity index (χ4v) is 3.83. The van der Waals surface area contributed by atoms with Crippen LogP contribution in [0.5, 0.6) is 5.75 Å². The number of fused-ring (bicyclic) bond motifs is 1. The van der Waals surface area contributed by atoms with E-state index in [0.717, 1.165) is 44.4 Å². The Morgan fingerprint density at radius 2 is 1.90 bits per heavy atom. The first-order chi connectivity index (χ1) is 14.6. The summed E-state index contributed by atoms with van der Waals surface area (Å²) < 4.78 is 16.6. The quantitative estimate of drug-likeness (QED) is 0.702. The summed E-state index contributed by atoms with van der Waals surface area (Å²) in [5.74, 6) is -0.223. The van der Waals surface area contributed by atoms with Crippen molar-refractivity contribution in [1.82, 2.24) is 0 Å². The molecule has 2 aliphatic rings. The summed E-state index contributed by atoms with van der Waals surface area (Å²) in [6.07, 6.45) is 4.60. The highest BCUT2D eigenvalue weighted by Gasteiger charge is 2.20. The van der Waals surface area contributed by atoms with Gasteiger partial charge in [-0.05, 0) is 86.6 Å². The van der Waals surface area contributed by atoms with Gasteiger partial charge in [-0.3, -0.25) is 4.79 Å². The average molecular weight is 409 g/mol. The van der Waals surface area contributed by atoms with E-state index in [4.69, 9.17) is 14.2 Å². The van der Waals surface area contributed by atoms with E-state index in [9.17, 15) is 9.59 Å². The Kier molecular flexibility index (Phi) is 6.33. The number of ether oxygens (including phenoxy) is 3. The topological polar surface area (TPSA) is 73.9 Å². The van der Waals surface area contributed by atoms with Crippen LogP contribution >= 0.6 is 0 Å². The number of hydrogen-bond donors (Lipinski definition) is 1. The summed E-state index contributed by atoms with van der Waals surface area (Å²) in [7, 11) is 0. The van der Waals surface area contributed by atoms with Crippen molar-refractivity contribution in [1.29, 1.82) is 0 Å². The van der Waals surface area contributed by atoms with Crippen molar-refractivity contribution in [3.05, 3.63) is 59.2 Å². The van der Waals surface area contributed by atoms with Gasteiger partial charge < -0.3 is 19.5 Å². The van der Waals surface area contributed by atoms with E-state index in [0.29, 0.717) is 17.9 Å². The molecule has 1 aliphatic heterocycles. The molecule has 30 heavy (non-hydrogen) atoms. The van der Waals surface area contributed by atoms with Crippen molar-refractivity contribution < 1.29 is 23.8 Å². The molecule has 2 aromatic carbocycles. The third-order valence-electron chi connectivity index (χ3n) is 5.57. The molecule has 6 heteroatoms. The van der Waals surface area contributed by atoms with Gasteiger partial charge in [0.15, 0.2) is 6.10 Å². The number of anilines is 1. The van der Waals surface area contributed by atoms with E-state index in [-0.39, 0.29) is 12.0 Å². The van der Waals surface area contributed by atoms with Gasteiger partial charge in [0.1, 0.15) is 12.4 Å². The van der Waals surface area contributed by atoms with E-state index < -0.39 is 12.1 Å².